The van der Waals surface area contributed by atoms with Crippen LogP contribution in [0, 0.1) is 0 Å². The molecule has 1 aliphatic heterocycles. The maximum Gasteiger partial charge on any atom is 0.122 e. The number of hydrogen-bond donors (Lipinski definition) is 2. The molecule has 1 atom stereocenters. The van der Waals surface area contributed by atoms with Crippen molar-refractivity contribution < 1.29 is 4.74 Å². The Morgan fingerprint density at radius 2 is 2.12 bits per heavy atom. The van der Waals surface area contributed by atoms with Gasteiger partial charge in [-0.05, 0) is 42.8 Å². The molecule has 24 heavy (non-hydrogen) atoms. The topological polar surface area (TPSA) is 33.3 Å². The summed E-state index contributed by atoms with van der Waals surface area (Å²) < 4.78 is 6.57. The summed E-state index contributed by atoms with van der Waals surface area (Å²) in [6.07, 6.45) is 1.21. The molecule has 0 amide bonds. The molecule has 0 spiro atoms. The van der Waals surface area contributed by atoms with E-state index in [2.05, 4.69) is 56.9 Å². The third-order valence-corrected chi connectivity index (χ3v) is 5.90. The van der Waals surface area contributed by atoms with Crippen LogP contribution in [0.4, 0.5) is 0 Å². The molecule has 128 valence electrons. The molecule has 0 bridgehead atoms. The van der Waals surface area contributed by atoms with Crippen molar-refractivity contribution in [2.45, 2.75) is 29.7 Å². The third kappa shape index (κ3) is 4.76. The first-order chi connectivity index (χ1) is 11.8. The molecule has 2 aromatic carbocycles. The van der Waals surface area contributed by atoms with Gasteiger partial charge in [-0.25, -0.2) is 0 Å². The van der Waals surface area contributed by atoms with E-state index >= 15 is 0 Å². The summed E-state index contributed by atoms with van der Waals surface area (Å²) in [5.41, 5.74) is 2.57. The van der Waals surface area contributed by atoms with E-state index in [0.29, 0.717) is 6.04 Å². The zero-order valence-corrected chi connectivity index (χ0v) is 16.3. The summed E-state index contributed by atoms with van der Waals surface area (Å²) in [7, 11) is 1.73. The zero-order valence-electron chi connectivity index (χ0n) is 13.8. The lowest BCUT2D eigenvalue weighted by atomic mass is 10.2. The van der Waals surface area contributed by atoms with Crippen molar-refractivity contribution in [1.29, 1.82) is 0 Å². The molecule has 5 heteroatoms. The van der Waals surface area contributed by atoms with Crippen LogP contribution in [0.15, 0.2) is 51.8 Å². The van der Waals surface area contributed by atoms with Gasteiger partial charge in [-0.15, -0.1) is 11.8 Å². The van der Waals surface area contributed by atoms with Crippen molar-refractivity contribution in [3.05, 3.63) is 58.1 Å². The van der Waals surface area contributed by atoms with E-state index in [1.807, 2.05) is 23.9 Å². The molecule has 1 aliphatic rings. The van der Waals surface area contributed by atoms with Gasteiger partial charge in [-0.3, -0.25) is 0 Å². The summed E-state index contributed by atoms with van der Waals surface area (Å²) in [6.45, 7) is 3.12. The first kappa shape index (κ1) is 17.8. The molecule has 1 fully saturated rings. The van der Waals surface area contributed by atoms with Crippen molar-refractivity contribution in [2.75, 3.05) is 20.2 Å². The molecule has 0 aromatic heterocycles. The van der Waals surface area contributed by atoms with E-state index in [-0.39, 0.29) is 0 Å². The van der Waals surface area contributed by atoms with Gasteiger partial charge < -0.3 is 15.4 Å². The zero-order chi connectivity index (χ0) is 16.8. The first-order valence-corrected chi connectivity index (χ1v) is 10.0. The van der Waals surface area contributed by atoms with E-state index in [9.17, 15) is 0 Å². The SMILES string of the molecule is COc1ccc(Br)cc1CSc1ccccc1CNC1CCNC1. The third-order valence-electron chi connectivity index (χ3n) is 4.24. The monoisotopic (exact) mass is 406 g/mol. The predicted octanol–water partition coefficient (Wildman–Crippen LogP) is 4.20. The number of methoxy groups -OCH3 is 1. The van der Waals surface area contributed by atoms with Crippen molar-refractivity contribution in [3.8, 4) is 5.75 Å². The lowest BCUT2D eigenvalue weighted by Crippen LogP contribution is -2.30. The summed E-state index contributed by atoms with van der Waals surface area (Å²) >= 11 is 5.41. The molecule has 1 heterocycles. The molecular weight excluding hydrogens is 384 g/mol. The van der Waals surface area contributed by atoms with E-state index in [1.54, 1.807) is 7.11 Å². The molecular formula is C19H23BrN2OS. The minimum Gasteiger partial charge on any atom is -0.496 e. The number of hydrogen-bond acceptors (Lipinski definition) is 4. The minimum absolute atomic E-state index is 0.591. The van der Waals surface area contributed by atoms with E-state index in [4.69, 9.17) is 4.74 Å². The molecule has 1 unspecified atom stereocenters. The van der Waals surface area contributed by atoms with Gasteiger partial charge in [0.1, 0.15) is 5.75 Å². The van der Waals surface area contributed by atoms with Crippen LogP contribution in [0.25, 0.3) is 0 Å². The lowest BCUT2D eigenvalue weighted by molar-refractivity contribution is 0.411. The molecule has 0 radical (unpaired) electrons. The second-order valence-corrected chi connectivity index (χ2v) is 7.86. The van der Waals surface area contributed by atoms with Crippen LogP contribution in [0.3, 0.4) is 0 Å². The predicted molar refractivity (Wildman–Crippen MR) is 105 cm³/mol. The fraction of sp³-hybridized carbons (Fsp3) is 0.368. The number of thioether (sulfide) groups is 1. The average molecular weight is 407 g/mol. The van der Waals surface area contributed by atoms with E-state index in [0.717, 1.165) is 35.6 Å². The quantitative estimate of drug-likeness (QED) is 0.674. The van der Waals surface area contributed by atoms with Crippen LogP contribution in [0.1, 0.15) is 17.5 Å². The Labute approximate surface area is 156 Å². The number of ether oxygens (including phenoxy) is 1. The molecule has 1 saturated heterocycles. The molecule has 0 aliphatic carbocycles. The fourth-order valence-electron chi connectivity index (χ4n) is 2.89. The highest BCUT2D eigenvalue weighted by Gasteiger charge is 2.14. The summed E-state index contributed by atoms with van der Waals surface area (Å²) in [5, 5.41) is 7.06. The van der Waals surface area contributed by atoms with Crippen molar-refractivity contribution in [2.24, 2.45) is 0 Å². The number of halogens is 1. The first-order valence-electron chi connectivity index (χ1n) is 8.23. The fourth-order valence-corrected chi connectivity index (χ4v) is 4.33. The van der Waals surface area contributed by atoms with Gasteiger partial charge in [0.15, 0.2) is 0 Å². The van der Waals surface area contributed by atoms with Gasteiger partial charge >= 0.3 is 0 Å². The minimum atomic E-state index is 0.591. The highest BCUT2D eigenvalue weighted by Crippen LogP contribution is 2.31. The molecule has 3 rings (SSSR count). The Bertz CT molecular complexity index is 674. The maximum atomic E-state index is 5.48. The Hall–Kier alpha value is -1.01. The van der Waals surface area contributed by atoms with Crippen molar-refractivity contribution >= 4 is 27.7 Å². The average Bonchev–Trinajstić information content (AvgIpc) is 3.12. The largest absolute Gasteiger partial charge is 0.496 e. The lowest BCUT2D eigenvalue weighted by Gasteiger charge is -2.15. The van der Waals surface area contributed by atoms with Crippen LogP contribution < -0.4 is 15.4 Å². The van der Waals surface area contributed by atoms with Crippen molar-refractivity contribution in [1.82, 2.24) is 10.6 Å². The van der Waals surface area contributed by atoms with Gasteiger partial charge in [-0.2, -0.15) is 0 Å². The Kier molecular flexibility index (Phi) is 6.60. The summed E-state index contributed by atoms with van der Waals surface area (Å²) in [4.78, 5) is 1.33. The van der Waals surface area contributed by atoms with E-state index < -0.39 is 0 Å². The van der Waals surface area contributed by atoms with Gasteiger partial charge in [0.25, 0.3) is 0 Å². The summed E-state index contributed by atoms with van der Waals surface area (Å²) in [6, 6.07) is 15.4. The van der Waals surface area contributed by atoms with Crippen LogP contribution in [0.2, 0.25) is 0 Å². The maximum absolute atomic E-state index is 5.48. The van der Waals surface area contributed by atoms with Crippen LogP contribution in [-0.2, 0) is 12.3 Å². The van der Waals surface area contributed by atoms with Gasteiger partial charge in [0, 0.05) is 39.8 Å². The second kappa shape index (κ2) is 8.90. The van der Waals surface area contributed by atoms with E-state index in [1.165, 1.54) is 22.4 Å². The summed E-state index contributed by atoms with van der Waals surface area (Å²) in [5.74, 6) is 1.84. The van der Waals surface area contributed by atoms with Gasteiger partial charge in [-0.1, -0.05) is 34.1 Å². The van der Waals surface area contributed by atoms with Gasteiger partial charge in [0.05, 0.1) is 7.11 Å². The van der Waals surface area contributed by atoms with Crippen LogP contribution >= 0.6 is 27.7 Å². The number of rotatable bonds is 7. The Morgan fingerprint density at radius 3 is 2.92 bits per heavy atom. The standard InChI is InChI=1S/C19H23BrN2OS/c1-23-18-7-6-16(20)10-15(18)13-24-19-5-3-2-4-14(19)11-22-17-8-9-21-12-17/h2-7,10,17,21-22H,8-9,11-13H2,1H3. The molecule has 2 aromatic rings. The van der Waals surface area contributed by atoms with Crippen LogP contribution in [0.5, 0.6) is 5.75 Å². The smallest absolute Gasteiger partial charge is 0.122 e. The molecule has 0 saturated carbocycles. The number of nitrogens with one attached hydrogen (secondary N) is 2. The molecule has 3 nitrogen and oxygen atoms in total. The Morgan fingerprint density at radius 1 is 1.25 bits per heavy atom. The Balaban J connectivity index is 1.65. The normalized spacial score (nSPS) is 17.2. The van der Waals surface area contributed by atoms with Gasteiger partial charge in [0.2, 0.25) is 0 Å². The highest BCUT2D eigenvalue weighted by atomic mass is 79.9. The second-order valence-electron chi connectivity index (χ2n) is 5.92. The number of benzene rings is 2. The van der Waals surface area contributed by atoms with Crippen LogP contribution in [-0.4, -0.2) is 26.2 Å². The molecule has 2 N–H and O–H groups in total. The van der Waals surface area contributed by atoms with Crippen molar-refractivity contribution in [3.63, 3.8) is 0 Å². The highest BCUT2D eigenvalue weighted by molar-refractivity contribution is 9.10.